The summed E-state index contributed by atoms with van der Waals surface area (Å²) < 4.78 is 39.7. The average Bonchev–Trinajstić information content (AvgIpc) is 2.89. The number of halogens is 3. The fourth-order valence-electron chi connectivity index (χ4n) is 2.69. The van der Waals surface area contributed by atoms with Crippen LogP contribution in [0.4, 0.5) is 19.0 Å². The molecular weight excluding hydrogens is 341 g/mol. The lowest BCUT2D eigenvalue weighted by Gasteiger charge is -2.09. The van der Waals surface area contributed by atoms with Gasteiger partial charge in [-0.05, 0) is 44.2 Å². The van der Waals surface area contributed by atoms with Crippen molar-refractivity contribution in [3.63, 3.8) is 0 Å². The van der Waals surface area contributed by atoms with E-state index in [9.17, 15) is 13.2 Å². The normalized spacial score (nSPS) is 11.9. The Balaban J connectivity index is 1.75. The second-order valence-corrected chi connectivity index (χ2v) is 5.80. The summed E-state index contributed by atoms with van der Waals surface area (Å²) in [5.41, 5.74) is 5.89. The van der Waals surface area contributed by atoms with Crippen LogP contribution in [0.25, 0.3) is 5.69 Å². The Morgan fingerprint density at radius 1 is 1.08 bits per heavy atom. The average molecular weight is 358 g/mol. The number of anilines is 1. The first-order chi connectivity index (χ1) is 12.4. The van der Waals surface area contributed by atoms with E-state index >= 15 is 0 Å². The van der Waals surface area contributed by atoms with Crippen molar-refractivity contribution in [1.82, 2.24) is 9.55 Å². The van der Waals surface area contributed by atoms with Gasteiger partial charge in [0.2, 0.25) is 0 Å². The van der Waals surface area contributed by atoms with Gasteiger partial charge in [0.05, 0.1) is 11.8 Å². The predicted octanol–water partition coefficient (Wildman–Crippen LogP) is 4.95. The quantitative estimate of drug-likeness (QED) is 0.529. The Bertz CT molecular complexity index is 910. The number of aryl methyl sites for hydroxylation is 1. The molecule has 0 unspecified atom stereocenters. The van der Waals surface area contributed by atoms with Crippen LogP contribution < -0.4 is 5.43 Å². The van der Waals surface area contributed by atoms with E-state index in [4.69, 9.17) is 0 Å². The van der Waals surface area contributed by atoms with Crippen LogP contribution in [0.1, 0.15) is 22.5 Å². The van der Waals surface area contributed by atoms with Crippen molar-refractivity contribution in [3.8, 4) is 5.69 Å². The number of nitrogens with one attached hydrogen (secondary N) is 1. The molecule has 0 spiro atoms. The van der Waals surface area contributed by atoms with Crippen LogP contribution in [0.15, 0.2) is 59.8 Å². The highest BCUT2D eigenvalue weighted by Crippen LogP contribution is 2.28. The Hall–Kier alpha value is -3.09. The third-order valence-corrected chi connectivity index (χ3v) is 3.96. The Kier molecular flexibility index (Phi) is 4.79. The van der Waals surface area contributed by atoms with Gasteiger partial charge in [-0.25, -0.2) is 4.98 Å². The number of hydrogen-bond donors (Lipinski definition) is 1. The highest BCUT2D eigenvalue weighted by molar-refractivity contribution is 5.82. The minimum atomic E-state index is -4.40. The van der Waals surface area contributed by atoms with Crippen LogP contribution >= 0.6 is 0 Å². The van der Waals surface area contributed by atoms with E-state index in [1.165, 1.54) is 6.07 Å². The van der Waals surface area contributed by atoms with E-state index in [1.807, 2.05) is 50.2 Å². The van der Waals surface area contributed by atoms with Crippen molar-refractivity contribution in [2.45, 2.75) is 20.0 Å². The fourth-order valence-corrected chi connectivity index (χ4v) is 2.69. The van der Waals surface area contributed by atoms with Gasteiger partial charge in [-0.3, -0.25) is 5.43 Å². The number of rotatable bonds is 4. The van der Waals surface area contributed by atoms with Crippen molar-refractivity contribution in [2.24, 2.45) is 5.10 Å². The Labute approximate surface area is 149 Å². The van der Waals surface area contributed by atoms with Gasteiger partial charge in [0.15, 0.2) is 0 Å². The molecular formula is C19H17F3N4. The van der Waals surface area contributed by atoms with Gasteiger partial charge in [0.25, 0.3) is 0 Å². The fraction of sp³-hybridized carbons (Fsp3) is 0.158. The Morgan fingerprint density at radius 3 is 2.42 bits per heavy atom. The van der Waals surface area contributed by atoms with Gasteiger partial charge in [-0.2, -0.15) is 18.3 Å². The van der Waals surface area contributed by atoms with Crippen molar-refractivity contribution in [2.75, 3.05) is 5.43 Å². The lowest BCUT2D eigenvalue weighted by molar-refractivity contribution is -0.137. The minimum absolute atomic E-state index is 0.242. The van der Waals surface area contributed by atoms with E-state index in [1.54, 1.807) is 6.21 Å². The number of nitrogens with zero attached hydrogens (tertiary/aromatic N) is 3. The molecule has 0 aliphatic heterocycles. The van der Waals surface area contributed by atoms with Gasteiger partial charge < -0.3 is 4.57 Å². The van der Waals surface area contributed by atoms with Crippen molar-refractivity contribution >= 4 is 12.0 Å². The number of aromatic nitrogens is 2. The molecule has 0 aliphatic carbocycles. The summed E-state index contributed by atoms with van der Waals surface area (Å²) in [5.74, 6) is 0.242. The van der Waals surface area contributed by atoms with E-state index in [0.717, 1.165) is 34.9 Å². The zero-order chi connectivity index (χ0) is 18.7. The van der Waals surface area contributed by atoms with Crippen molar-refractivity contribution in [3.05, 3.63) is 77.2 Å². The molecule has 1 N–H and O–H groups in total. The number of para-hydroxylation sites is 1. The maximum Gasteiger partial charge on any atom is 0.417 e. The molecule has 1 aromatic carbocycles. The predicted molar refractivity (Wildman–Crippen MR) is 95.7 cm³/mol. The molecule has 0 saturated heterocycles. The van der Waals surface area contributed by atoms with Crippen molar-refractivity contribution in [1.29, 1.82) is 0 Å². The van der Waals surface area contributed by atoms with Crippen LogP contribution in [-0.4, -0.2) is 15.8 Å². The second-order valence-electron chi connectivity index (χ2n) is 5.80. The SMILES string of the molecule is Cc1cc(/C=N/Nc2ccc(C(F)(F)F)cn2)c(C)n1-c1ccccc1. The topological polar surface area (TPSA) is 42.2 Å². The molecule has 0 fully saturated rings. The van der Waals surface area contributed by atoms with Crippen molar-refractivity contribution < 1.29 is 13.2 Å². The maximum atomic E-state index is 12.5. The van der Waals surface area contributed by atoms with Gasteiger partial charge in [-0.15, -0.1) is 0 Å². The largest absolute Gasteiger partial charge is 0.417 e. The summed E-state index contributed by atoms with van der Waals surface area (Å²) in [6, 6.07) is 14.1. The van der Waals surface area contributed by atoms with Crippen LogP contribution in [0.2, 0.25) is 0 Å². The standard InChI is InChI=1S/C19H17F3N4/c1-13-10-15(14(2)26(13)17-6-4-3-5-7-17)11-24-25-18-9-8-16(12-23-18)19(20,21)22/h3-12H,1-2H3,(H,23,25)/b24-11+. The number of pyridine rings is 1. The van der Waals surface area contributed by atoms with E-state index in [0.29, 0.717) is 0 Å². The third kappa shape index (κ3) is 3.77. The van der Waals surface area contributed by atoms with Gasteiger partial charge in [-0.1, -0.05) is 18.2 Å². The Morgan fingerprint density at radius 2 is 1.81 bits per heavy atom. The molecule has 0 amide bonds. The van der Waals surface area contributed by atoms with Gasteiger partial charge in [0.1, 0.15) is 5.82 Å². The monoisotopic (exact) mass is 358 g/mol. The lowest BCUT2D eigenvalue weighted by atomic mass is 10.2. The molecule has 0 saturated carbocycles. The summed E-state index contributed by atoms with van der Waals surface area (Å²) in [6.45, 7) is 3.99. The highest BCUT2D eigenvalue weighted by atomic mass is 19.4. The second kappa shape index (κ2) is 7.03. The first-order valence-corrected chi connectivity index (χ1v) is 7.93. The summed E-state index contributed by atoms with van der Waals surface area (Å²) in [6.07, 6.45) is -2.00. The molecule has 0 atom stereocenters. The van der Waals surface area contributed by atoms with E-state index in [-0.39, 0.29) is 5.82 Å². The van der Waals surface area contributed by atoms with Crippen LogP contribution in [0.3, 0.4) is 0 Å². The number of hydrogen-bond acceptors (Lipinski definition) is 3. The summed E-state index contributed by atoms with van der Waals surface area (Å²) in [5, 5.41) is 4.08. The molecule has 7 heteroatoms. The molecule has 4 nitrogen and oxygen atoms in total. The molecule has 134 valence electrons. The molecule has 0 bridgehead atoms. The smallest absolute Gasteiger partial charge is 0.318 e. The minimum Gasteiger partial charge on any atom is -0.318 e. The molecule has 0 aliphatic rings. The summed E-state index contributed by atoms with van der Waals surface area (Å²) in [4.78, 5) is 3.72. The molecule has 2 heterocycles. The molecule has 3 aromatic rings. The number of hydrazone groups is 1. The van der Waals surface area contributed by atoms with E-state index in [2.05, 4.69) is 20.1 Å². The van der Waals surface area contributed by atoms with Crippen LogP contribution in [0, 0.1) is 13.8 Å². The number of alkyl halides is 3. The summed E-state index contributed by atoms with van der Waals surface area (Å²) in [7, 11) is 0. The zero-order valence-corrected chi connectivity index (χ0v) is 14.2. The molecule has 3 rings (SSSR count). The van der Waals surface area contributed by atoms with Gasteiger partial charge in [0, 0.05) is 28.8 Å². The third-order valence-electron chi connectivity index (χ3n) is 3.96. The first-order valence-electron chi connectivity index (χ1n) is 7.93. The lowest BCUT2D eigenvalue weighted by Crippen LogP contribution is -2.05. The molecule has 0 radical (unpaired) electrons. The zero-order valence-electron chi connectivity index (χ0n) is 14.2. The van der Waals surface area contributed by atoms with Crippen LogP contribution in [-0.2, 0) is 6.18 Å². The molecule has 26 heavy (non-hydrogen) atoms. The first kappa shape index (κ1) is 17.7. The van der Waals surface area contributed by atoms with E-state index < -0.39 is 11.7 Å². The number of benzene rings is 1. The molecule has 2 aromatic heterocycles. The summed E-state index contributed by atoms with van der Waals surface area (Å²) >= 11 is 0. The van der Waals surface area contributed by atoms with Crippen LogP contribution in [0.5, 0.6) is 0 Å². The maximum absolute atomic E-state index is 12.5. The highest BCUT2D eigenvalue weighted by Gasteiger charge is 2.30. The van der Waals surface area contributed by atoms with Gasteiger partial charge >= 0.3 is 6.18 Å².